The van der Waals surface area contributed by atoms with E-state index in [-0.39, 0.29) is 15.5 Å². The summed E-state index contributed by atoms with van der Waals surface area (Å²) >= 11 is 0. The predicted octanol–water partition coefficient (Wildman–Crippen LogP) is 2.61. The summed E-state index contributed by atoms with van der Waals surface area (Å²) in [4.78, 5) is 0.172. The van der Waals surface area contributed by atoms with Crippen molar-refractivity contribution in [2.75, 3.05) is 13.1 Å². The van der Waals surface area contributed by atoms with E-state index in [0.29, 0.717) is 5.92 Å². The van der Waals surface area contributed by atoms with Crippen LogP contribution < -0.4 is 5.32 Å². The van der Waals surface area contributed by atoms with Gasteiger partial charge in [0.25, 0.3) is 0 Å². The first-order chi connectivity index (χ1) is 10.5. The minimum Gasteiger partial charge on any atom is -0.507 e. The lowest BCUT2D eigenvalue weighted by Crippen LogP contribution is -2.09. The number of phenolic OH excluding ortho intramolecular Hbond substituents is 1. The van der Waals surface area contributed by atoms with Crippen molar-refractivity contribution < 1.29 is 13.5 Å². The van der Waals surface area contributed by atoms with E-state index in [2.05, 4.69) is 5.32 Å². The van der Waals surface area contributed by atoms with Crippen LogP contribution in [0.15, 0.2) is 52.3 Å². The second kappa shape index (κ2) is 5.74. The average Bonchev–Trinajstić information content (AvgIpc) is 3.01. The van der Waals surface area contributed by atoms with Crippen LogP contribution in [0.1, 0.15) is 23.5 Å². The van der Waals surface area contributed by atoms with E-state index in [4.69, 9.17) is 0 Å². The van der Waals surface area contributed by atoms with Crippen LogP contribution in [0.3, 0.4) is 0 Å². The Hall–Kier alpha value is -1.85. The summed E-state index contributed by atoms with van der Waals surface area (Å²) < 4.78 is 25.3. The number of sulfone groups is 1. The number of hydrogen-bond acceptors (Lipinski definition) is 4. The fraction of sp³-hybridized carbons (Fsp3) is 0.294. The Morgan fingerprint density at radius 1 is 1.18 bits per heavy atom. The Morgan fingerprint density at radius 2 is 1.95 bits per heavy atom. The van der Waals surface area contributed by atoms with Gasteiger partial charge in [0.1, 0.15) is 10.6 Å². The molecule has 0 amide bonds. The van der Waals surface area contributed by atoms with E-state index in [0.717, 1.165) is 25.1 Å². The van der Waals surface area contributed by atoms with Gasteiger partial charge in [-0.3, -0.25) is 0 Å². The van der Waals surface area contributed by atoms with Gasteiger partial charge in [-0.25, -0.2) is 8.42 Å². The molecule has 1 unspecified atom stereocenters. The van der Waals surface area contributed by atoms with Gasteiger partial charge in [0.05, 0.1) is 4.90 Å². The van der Waals surface area contributed by atoms with Crippen molar-refractivity contribution in [2.24, 2.45) is 0 Å². The number of hydrogen-bond donors (Lipinski definition) is 2. The Morgan fingerprint density at radius 3 is 2.59 bits per heavy atom. The van der Waals surface area contributed by atoms with Gasteiger partial charge < -0.3 is 10.4 Å². The number of nitrogens with one attached hydrogen (secondary N) is 1. The maximum Gasteiger partial charge on any atom is 0.210 e. The first kappa shape index (κ1) is 15.1. The Bertz CT molecular complexity index is 793. The molecule has 2 aromatic carbocycles. The average molecular weight is 317 g/mol. The first-order valence-electron chi connectivity index (χ1n) is 7.34. The second-order valence-corrected chi connectivity index (χ2v) is 7.60. The molecular formula is C17H19NO3S. The molecule has 1 aliphatic rings. The fourth-order valence-corrected chi connectivity index (χ4v) is 4.44. The molecule has 1 aliphatic heterocycles. The lowest BCUT2D eigenvalue weighted by Gasteiger charge is -2.14. The zero-order valence-electron chi connectivity index (χ0n) is 12.4. The molecule has 0 saturated carbocycles. The van der Waals surface area contributed by atoms with Gasteiger partial charge in [0.15, 0.2) is 0 Å². The van der Waals surface area contributed by atoms with Gasteiger partial charge in [-0.1, -0.05) is 18.2 Å². The molecule has 0 spiro atoms. The van der Waals surface area contributed by atoms with Crippen LogP contribution in [-0.2, 0) is 9.84 Å². The summed E-state index contributed by atoms with van der Waals surface area (Å²) in [6.07, 6.45) is 1.08. The van der Waals surface area contributed by atoms with Crippen molar-refractivity contribution in [3.63, 3.8) is 0 Å². The quantitative estimate of drug-likeness (QED) is 0.913. The third-order valence-corrected chi connectivity index (χ3v) is 6.01. The van der Waals surface area contributed by atoms with E-state index >= 15 is 0 Å². The summed E-state index contributed by atoms with van der Waals surface area (Å²) in [6.45, 7) is 3.88. The molecule has 5 heteroatoms. The zero-order chi connectivity index (χ0) is 15.7. The Kier molecular flexibility index (Phi) is 3.93. The molecule has 4 nitrogen and oxygen atoms in total. The molecule has 0 radical (unpaired) electrons. The van der Waals surface area contributed by atoms with Crippen molar-refractivity contribution >= 4 is 9.84 Å². The van der Waals surface area contributed by atoms with Gasteiger partial charge in [-0.05, 0) is 61.2 Å². The van der Waals surface area contributed by atoms with Crippen molar-refractivity contribution in [1.29, 1.82) is 0 Å². The Balaban J connectivity index is 2.02. The molecule has 0 bridgehead atoms. The number of para-hydroxylation sites is 1. The van der Waals surface area contributed by atoms with E-state index in [1.165, 1.54) is 17.7 Å². The van der Waals surface area contributed by atoms with Crippen LogP contribution in [0.4, 0.5) is 0 Å². The van der Waals surface area contributed by atoms with E-state index in [1.54, 1.807) is 24.3 Å². The van der Waals surface area contributed by atoms with Crippen LogP contribution in [0.5, 0.6) is 5.75 Å². The highest BCUT2D eigenvalue weighted by Gasteiger charge is 2.24. The molecule has 1 fully saturated rings. The smallest absolute Gasteiger partial charge is 0.210 e. The van der Waals surface area contributed by atoms with Crippen LogP contribution in [0.2, 0.25) is 0 Å². The summed E-state index contributed by atoms with van der Waals surface area (Å²) in [5.41, 5.74) is 2.17. The van der Waals surface area contributed by atoms with Gasteiger partial charge in [0, 0.05) is 6.54 Å². The predicted molar refractivity (Wildman–Crippen MR) is 85.0 cm³/mol. The minimum atomic E-state index is -3.70. The number of aromatic hydroxyl groups is 1. The van der Waals surface area contributed by atoms with Crippen LogP contribution >= 0.6 is 0 Å². The fourth-order valence-electron chi connectivity index (χ4n) is 3.00. The van der Waals surface area contributed by atoms with E-state index in [1.807, 2.05) is 13.0 Å². The monoisotopic (exact) mass is 317 g/mol. The van der Waals surface area contributed by atoms with Crippen molar-refractivity contribution in [1.82, 2.24) is 5.32 Å². The van der Waals surface area contributed by atoms with Gasteiger partial charge >= 0.3 is 0 Å². The van der Waals surface area contributed by atoms with Crippen molar-refractivity contribution in [3.05, 3.63) is 53.6 Å². The highest BCUT2D eigenvalue weighted by atomic mass is 32.2. The molecule has 116 valence electrons. The lowest BCUT2D eigenvalue weighted by molar-refractivity contribution is 0.459. The normalized spacial score (nSPS) is 18.5. The molecule has 3 rings (SSSR count). The molecule has 1 saturated heterocycles. The number of rotatable bonds is 3. The lowest BCUT2D eigenvalue weighted by atomic mass is 9.94. The second-order valence-electron chi connectivity index (χ2n) is 5.68. The van der Waals surface area contributed by atoms with E-state index < -0.39 is 9.84 Å². The summed E-state index contributed by atoms with van der Waals surface area (Å²) in [6, 6.07) is 11.3. The summed E-state index contributed by atoms with van der Waals surface area (Å²) in [5.74, 6) is 0.228. The number of aryl methyl sites for hydroxylation is 1. The summed E-state index contributed by atoms with van der Waals surface area (Å²) in [5, 5.41) is 13.1. The molecule has 0 aliphatic carbocycles. The maximum absolute atomic E-state index is 12.7. The Labute approximate surface area is 130 Å². The molecule has 2 aromatic rings. The van der Waals surface area contributed by atoms with Gasteiger partial charge in [0.2, 0.25) is 9.84 Å². The van der Waals surface area contributed by atoms with Gasteiger partial charge in [-0.2, -0.15) is 0 Å². The van der Waals surface area contributed by atoms with Crippen molar-refractivity contribution in [3.8, 4) is 5.75 Å². The molecule has 1 heterocycles. The molecule has 0 aromatic heterocycles. The molecule has 2 N–H and O–H groups in total. The highest BCUT2D eigenvalue weighted by molar-refractivity contribution is 7.91. The van der Waals surface area contributed by atoms with Gasteiger partial charge in [-0.15, -0.1) is 0 Å². The maximum atomic E-state index is 12.7. The highest BCUT2D eigenvalue weighted by Crippen LogP contribution is 2.31. The van der Waals surface area contributed by atoms with Crippen LogP contribution in [-0.4, -0.2) is 26.6 Å². The van der Waals surface area contributed by atoms with Crippen molar-refractivity contribution in [2.45, 2.75) is 29.1 Å². The number of phenols is 1. The summed E-state index contributed by atoms with van der Waals surface area (Å²) in [7, 11) is -3.70. The minimum absolute atomic E-state index is 0.0512. The third kappa shape index (κ3) is 2.62. The third-order valence-electron chi connectivity index (χ3n) is 4.21. The molecular weight excluding hydrogens is 298 g/mol. The largest absolute Gasteiger partial charge is 0.507 e. The molecule has 1 atom stereocenters. The standard InChI is InChI=1S/C17H19NO3S/c1-12-10-14(6-7-15(12)13-8-9-18-11-13)22(20,21)17-5-3-2-4-16(17)19/h2-7,10,13,18-19H,8-9,11H2,1H3. The van der Waals surface area contributed by atoms with E-state index in [9.17, 15) is 13.5 Å². The zero-order valence-corrected chi connectivity index (χ0v) is 13.2. The first-order valence-corrected chi connectivity index (χ1v) is 8.83. The SMILES string of the molecule is Cc1cc(S(=O)(=O)c2ccccc2O)ccc1C1CCNC1. The number of benzene rings is 2. The molecule has 22 heavy (non-hydrogen) atoms. The van der Waals surface area contributed by atoms with Crippen LogP contribution in [0, 0.1) is 6.92 Å². The van der Waals surface area contributed by atoms with Crippen LogP contribution in [0.25, 0.3) is 0 Å². The topological polar surface area (TPSA) is 66.4 Å².